The van der Waals surface area contributed by atoms with E-state index >= 15 is 0 Å². The standard InChI is InChI=1S/C23H22N2O3S/c1-25(18-20-10-6-3-7-11-20)29(27,28)22-15-13-21(14-16-22)24-23(26)17-12-19-8-4-2-5-9-19/h2-17H,18H2,1H3,(H,24,26)/b17-12+. The summed E-state index contributed by atoms with van der Waals surface area (Å²) in [6.07, 6.45) is 3.15. The van der Waals surface area contributed by atoms with Gasteiger partial charge < -0.3 is 5.32 Å². The van der Waals surface area contributed by atoms with Crippen LogP contribution < -0.4 is 5.32 Å². The van der Waals surface area contributed by atoms with Crippen molar-refractivity contribution >= 4 is 27.7 Å². The van der Waals surface area contributed by atoms with E-state index in [-0.39, 0.29) is 17.3 Å². The summed E-state index contributed by atoms with van der Waals surface area (Å²) in [5.41, 5.74) is 2.36. The number of hydrogen-bond donors (Lipinski definition) is 1. The van der Waals surface area contributed by atoms with E-state index in [1.807, 2.05) is 60.7 Å². The molecule has 0 spiro atoms. The smallest absolute Gasteiger partial charge is 0.248 e. The Bertz CT molecular complexity index is 1080. The van der Waals surface area contributed by atoms with Crippen LogP contribution in [0.3, 0.4) is 0 Å². The number of anilines is 1. The van der Waals surface area contributed by atoms with Crippen molar-refractivity contribution in [2.45, 2.75) is 11.4 Å². The second-order valence-electron chi connectivity index (χ2n) is 6.50. The molecule has 0 aliphatic carbocycles. The summed E-state index contributed by atoms with van der Waals surface area (Å²) in [7, 11) is -2.07. The summed E-state index contributed by atoms with van der Waals surface area (Å²) < 4.78 is 26.8. The number of nitrogens with one attached hydrogen (secondary N) is 1. The highest BCUT2D eigenvalue weighted by Crippen LogP contribution is 2.19. The number of carbonyl (C=O) groups excluding carboxylic acids is 1. The molecule has 0 fully saturated rings. The lowest BCUT2D eigenvalue weighted by Crippen LogP contribution is -2.26. The Morgan fingerprint density at radius 2 is 1.48 bits per heavy atom. The second-order valence-corrected chi connectivity index (χ2v) is 8.55. The molecule has 0 atom stereocenters. The van der Waals surface area contributed by atoms with Gasteiger partial charge in [-0.3, -0.25) is 4.79 Å². The molecule has 29 heavy (non-hydrogen) atoms. The molecule has 1 N–H and O–H groups in total. The molecular formula is C23H22N2O3S. The van der Waals surface area contributed by atoms with E-state index in [1.165, 1.54) is 22.5 Å². The fourth-order valence-electron chi connectivity index (χ4n) is 2.74. The second kappa shape index (κ2) is 9.32. The largest absolute Gasteiger partial charge is 0.323 e. The van der Waals surface area contributed by atoms with E-state index < -0.39 is 10.0 Å². The number of amides is 1. The van der Waals surface area contributed by atoms with Gasteiger partial charge in [0, 0.05) is 25.4 Å². The molecule has 6 heteroatoms. The Labute approximate surface area is 171 Å². The normalized spacial score (nSPS) is 11.7. The van der Waals surface area contributed by atoms with Crippen molar-refractivity contribution in [3.8, 4) is 0 Å². The van der Waals surface area contributed by atoms with Crippen molar-refractivity contribution in [1.82, 2.24) is 4.31 Å². The van der Waals surface area contributed by atoms with Crippen LogP contribution in [-0.2, 0) is 21.4 Å². The molecule has 0 aliphatic heterocycles. The van der Waals surface area contributed by atoms with E-state index in [4.69, 9.17) is 0 Å². The van der Waals surface area contributed by atoms with Gasteiger partial charge in [0.25, 0.3) is 0 Å². The minimum Gasteiger partial charge on any atom is -0.323 e. The SMILES string of the molecule is CN(Cc1ccccc1)S(=O)(=O)c1ccc(NC(=O)/C=C/c2ccccc2)cc1. The van der Waals surface area contributed by atoms with Crippen molar-refractivity contribution in [2.24, 2.45) is 0 Å². The number of sulfonamides is 1. The molecule has 0 radical (unpaired) electrons. The molecule has 3 rings (SSSR count). The van der Waals surface area contributed by atoms with Crippen LogP contribution >= 0.6 is 0 Å². The highest BCUT2D eigenvalue weighted by Gasteiger charge is 2.20. The van der Waals surface area contributed by atoms with Gasteiger partial charge in [-0.1, -0.05) is 60.7 Å². The van der Waals surface area contributed by atoms with E-state index in [0.717, 1.165) is 11.1 Å². The maximum atomic E-state index is 12.8. The van der Waals surface area contributed by atoms with Crippen LogP contribution in [0.4, 0.5) is 5.69 Å². The van der Waals surface area contributed by atoms with Crippen LogP contribution in [0.1, 0.15) is 11.1 Å². The Hall–Kier alpha value is -3.22. The maximum absolute atomic E-state index is 12.8. The van der Waals surface area contributed by atoms with Crippen molar-refractivity contribution in [1.29, 1.82) is 0 Å². The monoisotopic (exact) mass is 406 g/mol. The summed E-state index contributed by atoms with van der Waals surface area (Å²) in [5, 5.41) is 2.73. The minimum absolute atomic E-state index is 0.175. The van der Waals surface area contributed by atoms with Gasteiger partial charge in [-0.15, -0.1) is 0 Å². The van der Waals surface area contributed by atoms with Gasteiger partial charge in [0.05, 0.1) is 4.90 Å². The molecule has 0 bridgehead atoms. The molecule has 1 amide bonds. The lowest BCUT2D eigenvalue weighted by molar-refractivity contribution is -0.111. The van der Waals surface area contributed by atoms with Crippen molar-refractivity contribution in [2.75, 3.05) is 12.4 Å². The zero-order valence-electron chi connectivity index (χ0n) is 16.0. The summed E-state index contributed by atoms with van der Waals surface area (Å²) >= 11 is 0. The number of hydrogen-bond acceptors (Lipinski definition) is 3. The molecule has 0 saturated heterocycles. The summed E-state index contributed by atoms with van der Waals surface area (Å²) in [4.78, 5) is 12.2. The van der Waals surface area contributed by atoms with Gasteiger partial charge in [0.1, 0.15) is 0 Å². The quantitative estimate of drug-likeness (QED) is 0.599. The average Bonchev–Trinajstić information content (AvgIpc) is 2.74. The third-order valence-corrected chi connectivity index (χ3v) is 6.12. The zero-order valence-corrected chi connectivity index (χ0v) is 16.8. The predicted molar refractivity (Wildman–Crippen MR) is 116 cm³/mol. The Morgan fingerprint density at radius 3 is 2.10 bits per heavy atom. The molecule has 3 aromatic rings. The first-order valence-corrected chi connectivity index (χ1v) is 10.5. The van der Waals surface area contributed by atoms with Crippen LogP contribution in [0.15, 0.2) is 95.9 Å². The zero-order chi connectivity index (χ0) is 20.7. The van der Waals surface area contributed by atoms with Gasteiger partial charge in [0.2, 0.25) is 15.9 Å². The van der Waals surface area contributed by atoms with Crippen LogP contribution in [0, 0.1) is 0 Å². The van der Waals surface area contributed by atoms with Crippen molar-refractivity contribution in [3.63, 3.8) is 0 Å². The lowest BCUT2D eigenvalue weighted by Gasteiger charge is -2.17. The number of benzene rings is 3. The van der Waals surface area contributed by atoms with Crippen LogP contribution in [0.5, 0.6) is 0 Å². The Kier molecular flexibility index (Phi) is 6.59. The third-order valence-electron chi connectivity index (χ3n) is 4.30. The first-order valence-electron chi connectivity index (χ1n) is 9.09. The predicted octanol–water partition coefficient (Wildman–Crippen LogP) is 4.16. The molecule has 0 saturated carbocycles. The summed E-state index contributed by atoms with van der Waals surface area (Å²) in [5.74, 6) is -0.286. The van der Waals surface area contributed by atoms with E-state index in [9.17, 15) is 13.2 Å². The highest BCUT2D eigenvalue weighted by atomic mass is 32.2. The first kappa shape index (κ1) is 20.5. The van der Waals surface area contributed by atoms with Crippen molar-refractivity contribution in [3.05, 3.63) is 102 Å². The minimum atomic E-state index is -3.62. The van der Waals surface area contributed by atoms with Gasteiger partial charge in [-0.2, -0.15) is 4.31 Å². The Balaban J connectivity index is 1.64. The average molecular weight is 407 g/mol. The fourth-order valence-corrected chi connectivity index (χ4v) is 3.89. The number of rotatable bonds is 7. The first-order chi connectivity index (χ1) is 13.9. The molecular weight excluding hydrogens is 384 g/mol. The van der Waals surface area contributed by atoms with Gasteiger partial charge in [-0.25, -0.2) is 8.42 Å². The fraction of sp³-hybridized carbons (Fsp3) is 0.0870. The number of nitrogens with zero attached hydrogens (tertiary/aromatic N) is 1. The molecule has 5 nitrogen and oxygen atoms in total. The highest BCUT2D eigenvalue weighted by molar-refractivity contribution is 7.89. The Morgan fingerprint density at radius 1 is 0.897 bits per heavy atom. The third kappa shape index (κ3) is 5.63. The van der Waals surface area contributed by atoms with Gasteiger partial charge >= 0.3 is 0 Å². The molecule has 0 heterocycles. The van der Waals surface area contributed by atoms with Gasteiger partial charge in [0.15, 0.2) is 0 Å². The summed E-state index contributed by atoms with van der Waals surface area (Å²) in [6.45, 7) is 0.284. The van der Waals surface area contributed by atoms with Crippen molar-refractivity contribution < 1.29 is 13.2 Å². The van der Waals surface area contributed by atoms with E-state index in [2.05, 4.69) is 5.32 Å². The van der Waals surface area contributed by atoms with E-state index in [0.29, 0.717) is 5.69 Å². The lowest BCUT2D eigenvalue weighted by atomic mass is 10.2. The van der Waals surface area contributed by atoms with Crippen LogP contribution in [-0.4, -0.2) is 25.7 Å². The van der Waals surface area contributed by atoms with Crippen LogP contribution in [0.25, 0.3) is 6.08 Å². The molecule has 3 aromatic carbocycles. The molecule has 0 aliphatic rings. The summed E-state index contributed by atoms with van der Waals surface area (Å²) in [6, 6.07) is 25.0. The molecule has 0 aromatic heterocycles. The molecule has 0 unspecified atom stereocenters. The van der Waals surface area contributed by atoms with Gasteiger partial charge in [-0.05, 0) is 41.5 Å². The van der Waals surface area contributed by atoms with Crippen LogP contribution in [0.2, 0.25) is 0 Å². The van der Waals surface area contributed by atoms with E-state index in [1.54, 1.807) is 25.3 Å². The molecule has 148 valence electrons. The number of carbonyl (C=O) groups is 1. The maximum Gasteiger partial charge on any atom is 0.248 e. The topological polar surface area (TPSA) is 66.5 Å².